The van der Waals surface area contributed by atoms with Crippen molar-refractivity contribution in [2.45, 2.75) is 58.3 Å². The Hall–Kier alpha value is -1.32. The van der Waals surface area contributed by atoms with E-state index in [1.54, 1.807) is 6.92 Å². The van der Waals surface area contributed by atoms with E-state index in [0.717, 1.165) is 0 Å². The SMILES string of the molecule is CCOCC(=O)N[C@@H](CC#C[Si](C)(C)C(C)(C)C)C(N)=O. The molecule has 0 rings (SSSR count). The topological polar surface area (TPSA) is 81.4 Å². The number of primary amides is 1. The van der Waals surface area contributed by atoms with E-state index < -0.39 is 20.0 Å². The van der Waals surface area contributed by atoms with Crippen LogP contribution in [0.5, 0.6) is 0 Å². The van der Waals surface area contributed by atoms with Gasteiger partial charge in [0.1, 0.15) is 20.7 Å². The molecule has 0 unspecified atom stereocenters. The highest BCUT2D eigenvalue weighted by atomic mass is 28.3. The summed E-state index contributed by atoms with van der Waals surface area (Å²) in [5.41, 5.74) is 8.60. The van der Waals surface area contributed by atoms with Crippen molar-refractivity contribution in [3.05, 3.63) is 0 Å². The van der Waals surface area contributed by atoms with Crippen molar-refractivity contribution < 1.29 is 14.3 Å². The van der Waals surface area contributed by atoms with Gasteiger partial charge in [0.15, 0.2) is 0 Å². The van der Waals surface area contributed by atoms with Gasteiger partial charge in [0, 0.05) is 13.0 Å². The fourth-order valence-electron chi connectivity index (χ4n) is 1.22. The van der Waals surface area contributed by atoms with E-state index in [2.05, 4.69) is 50.6 Å². The van der Waals surface area contributed by atoms with E-state index in [0.29, 0.717) is 6.61 Å². The summed E-state index contributed by atoms with van der Waals surface area (Å²) in [5, 5.41) is 2.70. The number of carbonyl (C=O) groups excluding carboxylic acids is 2. The average Bonchev–Trinajstić information content (AvgIpc) is 2.33. The first kappa shape index (κ1) is 19.7. The summed E-state index contributed by atoms with van der Waals surface area (Å²) in [7, 11) is -1.72. The number of hydrogen-bond acceptors (Lipinski definition) is 3. The van der Waals surface area contributed by atoms with Crippen LogP contribution in [0.4, 0.5) is 0 Å². The van der Waals surface area contributed by atoms with Crippen LogP contribution >= 0.6 is 0 Å². The smallest absolute Gasteiger partial charge is 0.246 e. The molecule has 0 bridgehead atoms. The molecule has 6 heteroatoms. The molecule has 0 aliphatic carbocycles. The van der Waals surface area contributed by atoms with Gasteiger partial charge >= 0.3 is 0 Å². The third-order valence-electron chi connectivity index (χ3n) is 3.70. The number of nitrogens with two attached hydrogens (primary N) is 1. The zero-order valence-electron chi connectivity index (χ0n) is 14.0. The molecule has 0 heterocycles. The lowest BCUT2D eigenvalue weighted by Gasteiger charge is -2.31. The largest absolute Gasteiger partial charge is 0.372 e. The Kier molecular flexibility index (Phi) is 7.68. The van der Waals surface area contributed by atoms with E-state index in [9.17, 15) is 9.59 Å². The minimum atomic E-state index is -1.72. The Labute approximate surface area is 129 Å². The molecule has 0 spiro atoms. The first-order valence-corrected chi connectivity index (χ1v) is 10.2. The first-order valence-electron chi connectivity index (χ1n) is 7.17. The summed E-state index contributed by atoms with van der Waals surface area (Å²) in [6.45, 7) is 13.1. The second-order valence-corrected chi connectivity index (χ2v) is 11.5. The van der Waals surface area contributed by atoms with Crippen molar-refractivity contribution in [2.75, 3.05) is 13.2 Å². The van der Waals surface area contributed by atoms with Crippen LogP contribution in [0, 0.1) is 11.5 Å². The summed E-state index contributed by atoms with van der Waals surface area (Å²) in [4.78, 5) is 22.9. The van der Waals surface area contributed by atoms with Gasteiger partial charge in [0.2, 0.25) is 11.8 Å². The molecule has 0 radical (unpaired) electrons. The summed E-state index contributed by atoms with van der Waals surface area (Å²) >= 11 is 0. The van der Waals surface area contributed by atoms with Gasteiger partial charge in [-0.15, -0.1) is 11.5 Å². The number of amides is 2. The number of rotatable bonds is 6. The Balaban J connectivity index is 4.69. The lowest BCUT2D eigenvalue weighted by Crippen LogP contribution is -2.45. The van der Waals surface area contributed by atoms with Gasteiger partial charge in [-0.3, -0.25) is 9.59 Å². The van der Waals surface area contributed by atoms with Crippen molar-refractivity contribution >= 4 is 19.9 Å². The zero-order chi connectivity index (χ0) is 16.7. The number of hydrogen-bond donors (Lipinski definition) is 2. The number of nitrogens with one attached hydrogen (secondary N) is 1. The molecular weight excluding hydrogens is 284 g/mol. The maximum Gasteiger partial charge on any atom is 0.246 e. The highest BCUT2D eigenvalue weighted by Crippen LogP contribution is 2.35. The zero-order valence-corrected chi connectivity index (χ0v) is 15.0. The van der Waals surface area contributed by atoms with Gasteiger partial charge in [-0.1, -0.05) is 33.9 Å². The Bertz CT molecular complexity index is 430. The summed E-state index contributed by atoms with van der Waals surface area (Å²) in [6, 6.07) is -0.768. The molecule has 0 aliphatic rings. The number of ether oxygens (including phenoxy) is 1. The highest BCUT2D eigenvalue weighted by molar-refractivity contribution is 6.87. The predicted molar refractivity (Wildman–Crippen MR) is 87.2 cm³/mol. The molecule has 0 saturated heterocycles. The second kappa shape index (κ2) is 8.20. The van der Waals surface area contributed by atoms with Gasteiger partial charge in [-0.2, -0.15) is 0 Å². The molecule has 0 aromatic rings. The Morgan fingerprint density at radius 1 is 1.33 bits per heavy atom. The van der Waals surface area contributed by atoms with Crippen LogP contribution in [0.2, 0.25) is 18.1 Å². The molecule has 3 N–H and O–H groups in total. The molecule has 1 atom stereocenters. The average molecular weight is 312 g/mol. The lowest BCUT2D eigenvalue weighted by atomic mass is 10.2. The van der Waals surface area contributed by atoms with Crippen molar-refractivity contribution in [1.82, 2.24) is 5.32 Å². The van der Waals surface area contributed by atoms with Crippen LogP contribution in [-0.4, -0.2) is 39.1 Å². The molecule has 5 nitrogen and oxygen atoms in total. The van der Waals surface area contributed by atoms with Crippen molar-refractivity contribution in [1.29, 1.82) is 0 Å². The molecule has 120 valence electrons. The maximum atomic E-state index is 11.6. The van der Waals surface area contributed by atoms with Crippen LogP contribution in [0.3, 0.4) is 0 Å². The fourth-order valence-corrected chi connectivity index (χ4v) is 2.13. The molecule has 21 heavy (non-hydrogen) atoms. The van der Waals surface area contributed by atoms with Gasteiger partial charge in [-0.25, -0.2) is 0 Å². The van der Waals surface area contributed by atoms with Crippen LogP contribution < -0.4 is 11.1 Å². The normalized spacial score (nSPS) is 13.0. The third-order valence-corrected chi connectivity index (χ3v) is 8.25. The summed E-state index contributed by atoms with van der Waals surface area (Å²) in [6.07, 6.45) is 0.236. The molecular formula is C15H28N2O3Si. The molecule has 0 aliphatic heterocycles. The molecule has 0 aromatic heterocycles. The number of carbonyl (C=O) groups is 2. The molecule has 0 aromatic carbocycles. The van der Waals surface area contributed by atoms with Crippen LogP contribution in [0.25, 0.3) is 0 Å². The van der Waals surface area contributed by atoms with Crippen molar-refractivity contribution in [2.24, 2.45) is 5.73 Å². The van der Waals surface area contributed by atoms with E-state index in [-0.39, 0.29) is 24.0 Å². The van der Waals surface area contributed by atoms with E-state index in [4.69, 9.17) is 10.5 Å². The van der Waals surface area contributed by atoms with Crippen LogP contribution in [0.15, 0.2) is 0 Å². The standard InChI is InChI=1S/C15H28N2O3Si/c1-7-20-11-13(18)17-12(14(16)19)9-8-10-21(5,6)15(2,3)4/h12H,7,9,11H2,1-6H3,(H2,16,19)(H,17,18)/t12-/m0/s1. The fraction of sp³-hybridized carbons (Fsp3) is 0.733. The first-order chi connectivity index (χ1) is 9.51. The highest BCUT2D eigenvalue weighted by Gasteiger charge is 2.33. The van der Waals surface area contributed by atoms with Crippen molar-refractivity contribution in [3.63, 3.8) is 0 Å². The monoisotopic (exact) mass is 312 g/mol. The van der Waals surface area contributed by atoms with Crippen LogP contribution in [0.1, 0.15) is 34.1 Å². The van der Waals surface area contributed by atoms with Crippen LogP contribution in [-0.2, 0) is 14.3 Å². The predicted octanol–water partition coefficient (Wildman–Crippen LogP) is 1.43. The maximum absolute atomic E-state index is 11.6. The van der Waals surface area contributed by atoms with E-state index in [1.165, 1.54) is 0 Å². The minimum Gasteiger partial charge on any atom is -0.372 e. The molecule has 0 saturated carbocycles. The van der Waals surface area contributed by atoms with Gasteiger partial charge in [0.05, 0.1) is 0 Å². The lowest BCUT2D eigenvalue weighted by molar-refractivity contribution is -0.130. The van der Waals surface area contributed by atoms with Gasteiger partial charge in [-0.05, 0) is 12.0 Å². The van der Waals surface area contributed by atoms with Gasteiger partial charge < -0.3 is 15.8 Å². The Morgan fingerprint density at radius 2 is 1.90 bits per heavy atom. The summed E-state index contributed by atoms with van der Waals surface area (Å²) in [5.74, 6) is 2.10. The summed E-state index contributed by atoms with van der Waals surface area (Å²) < 4.78 is 4.99. The Morgan fingerprint density at radius 3 is 2.33 bits per heavy atom. The van der Waals surface area contributed by atoms with Gasteiger partial charge in [0.25, 0.3) is 0 Å². The van der Waals surface area contributed by atoms with E-state index >= 15 is 0 Å². The van der Waals surface area contributed by atoms with Crippen molar-refractivity contribution in [3.8, 4) is 11.5 Å². The third kappa shape index (κ3) is 7.30. The minimum absolute atomic E-state index is 0.0735. The van der Waals surface area contributed by atoms with E-state index in [1.807, 2.05) is 0 Å². The molecule has 2 amide bonds. The molecule has 0 fully saturated rings. The second-order valence-electron chi connectivity index (χ2n) is 6.54. The quantitative estimate of drug-likeness (QED) is 0.575.